The van der Waals surface area contributed by atoms with Crippen LogP contribution in [0.15, 0.2) is 0 Å². The topological polar surface area (TPSA) is 36.3 Å². The molecule has 0 aromatic rings. The van der Waals surface area contributed by atoms with Crippen LogP contribution in [0.2, 0.25) is 0 Å². The second-order valence-electron chi connectivity index (χ2n) is 2.79. The Hall–Kier alpha value is -0.590. The van der Waals surface area contributed by atoms with Gasteiger partial charge in [-0.25, -0.2) is 0 Å². The third kappa shape index (κ3) is 0.731. The van der Waals surface area contributed by atoms with Gasteiger partial charge < -0.3 is 4.74 Å². The summed E-state index contributed by atoms with van der Waals surface area (Å²) < 4.78 is 5.38. The van der Waals surface area contributed by atoms with E-state index in [1.807, 2.05) is 0 Å². The summed E-state index contributed by atoms with van der Waals surface area (Å²) in [6.45, 7) is 1.76. The third-order valence-corrected chi connectivity index (χ3v) is 2.27. The summed E-state index contributed by atoms with van der Waals surface area (Å²) >= 11 is 0. The minimum Gasteiger partial charge on any atom is -0.362 e. The molecule has 0 radical (unpaired) electrons. The molecule has 2 atom stereocenters. The van der Waals surface area contributed by atoms with Crippen LogP contribution in [0.5, 0.6) is 0 Å². The second kappa shape index (κ2) is 2.22. The molecule has 0 unspecified atom stereocenters. The molecule has 2 heterocycles. The average Bonchev–Trinajstić information content (AvgIpc) is 2.44. The maximum atomic E-state index is 8.67. The number of nitrogens with zero attached hydrogens (tertiary/aromatic N) is 2. The van der Waals surface area contributed by atoms with Crippen molar-refractivity contribution in [3.8, 4) is 6.07 Å². The number of hydrogen-bond donors (Lipinski definition) is 0. The Morgan fingerprint density at radius 3 is 3.20 bits per heavy atom. The zero-order valence-corrected chi connectivity index (χ0v) is 5.79. The fourth-order valence-electron chi connectivity index (χ4n) is 1.74. The van der Waals surface area contributed by atoms with Gasteiger partial charge in [0.05, 0.1) is 18.7 Å². The summed E-state index contributed by atoms with van der Waals surface area (Å²) in [5.41, 5.74) is 0. The maximum Gasteiger partial charge on any atom is 0.111 e. The first kappa shape index (κ1) is 6.14. The standard InChI is InChI=1S/C7H10N2O/c8-5-6-1-2-7-9(6)3-4-10-7/h6-7H,1-4H2/t6-,7+/m1/s1. The number of ether oxygens (including phenoxy) is 1. The Kier molecular flexibility index (Phi) is 1.37. The summed E-state index contributed by atoms with van der Waals surface area (Å²) in [7, 11) is 0. The van der Waals surface area contributed by atoms with E-state index >= 15 is 0 Å². The van der Waals surface area contributed by atoms with E-state index < -0.39 is 0 Å². The van der Waals surface area contributed by atoms with Gasteiger partial charge in [-0.05, 0) is 12.8 Å². The van der Waals surface area contributed by atoms with Gasteiger partial charge in [-0.3, -0.25) is 4.90 Å². The number of hydrogen-bond acceptors (Lipinski definition) is 3. The van der Waals surface area contributed by atoms with Crippen molar-refractivity contribution < 1.29 is 4.74 Å². The van der Waals surface area contributed by atoms with Gasteiger partial charge in [-0.1, -0.05) is 0 Å². The van der Waals surface area contributed by atoms with Crippen LogP contribution >= 0.6 is 0 Å². The van der Waals surface area contributed by atoms with E-state index in [1.165, 1.54) is 0 Å². The number of fused-ring (bicyclic) bond motifs is 1. The maximum absolute atomic E-state index is 8.67. The summed E-state index contributed by atoms with van der Waals surface area (Å²) in [5.74, 6) is 0. The van der Waals surface area contributed by atoms with Gasteiger partial charge in [0.2, 0.25) is 0 Å². The largest absolute Gasteiger partial charge is 0.362 e. The van der Waals surface area contributed by atoms with Crippen LogP contribution in [0.3, 0.4) is 0 Å². The van der Waals surface area contributed by atoms with Gasteiger partial charge in [-0.2, -0.15) is 5.26 Å². The van der Waals surface area contributed by atoms with Gasteiger partial charge in [0.15, 0.2) is 0 Å². The van der Waals surface area contributed by atoms with Crippen molar-refractivity contribution in [1.29, 1.82) is 5.26 Å². The van der Waals surface area contributed by atoms with Crippen LogP contribution in [-0.2, 0) is 4.74 Å². The molecule has 0 spiro atoms. The van der Waals surface area contributed by atoms with E-state index in [-0.39, 0.29) is 12.3 Å². The Morgan fingerprint density at radius 2 is 2.40 bits per heavy atom. The summed E-state index contributed by atoms with van der Waals surface area (Å²) in [6, 6.07) is 2.41. The van der Waals surface area contributed by atoms with Crippen molar-refractivity contribution in [2.75, 3.05) is 13.2 Å². The van der Waals surface area contributed by atoms with Crippen molar-refractivity contribution in [1.82, 2.24) is 4.90 Å². The van der Waals surface area contributed by atoms with E-state index in [4.69, 9.17) is 10.00 Å². The molecular formula is C7H10N2O. The van der Waals surface area contributed by atoms with Gasteiger partial charge in [0.25, 0.3) is 0 Å². The molecule has 2 fully saturated rings. The minimum absolute atomic E-state index is 0.132. The smallest absolute Gasteiger partial charge is 0.111 e. The summed E-state index contributed by atoms with van der Waals surface area (Å²) in [6.07, 6.45) is 2.30. The molecule has 0 N–H and O–H groups in total. The lowest BCUT2D eigenvalue weighted by atomic mass is 10.2. The van der Waals surface area contributed by atoms with Crippen molar-refractivity contribution in [2.45, 2.75) is 25.1 Å². The van der Waals surface area contributed by atoms with E-state index in [1.54, 1.807) is 0 Å². The van der Waals surface area contributed by atoms with Crippen LogP contribution in [0.25, 0.3) is 0 Å². The van der Waals surface area contributed by atoms with Crippen LogP contribution in [0.4, 0.5) is 0 Å². The third-order valence-electron chi connectivity index (χ3n) is 2.27. The summed E-state index contributed by atoms with van der Waals surface area (Å²) in [4.78, 5) is 2.15. The molecule has 0 amide bonds. The molecule has 0 bridgehead atoms. The molecule has 0 aromatic carbocycles. The van der Waals surface area contributed by atoms with Crippen LogP contribution in [0.1, 0.15) is 12.8 Å². The van der Waals surface area contributed by atoms with Crippen LogP contribution in [0, 0.1) is 11.3 Å². The zero-order chi connectivity index (χ0) is 6.97. The Balaban J connectivity index is 2.10. The molecule has 0 aromatic heterocycles. The molecule has 3 nitrogen and oxygen atoms in total. The van der Waals surface area contributed by atoms with Gasteiger partial charge in [0.1, 0.15) is 6.23 Å². The van der Waals surface area contributed by atoms with Crippen molar-refractivity contribution >= 4 is 0 Å². The van der Waals surface area contributed by atoms with Crippen molar-refractivity contribution in [3.05, 3.63) is 0 Å². The Morgan fingerprint density at radius 1 is 1.50 bits per heavy atom. The van der Waals surface area contributed by atoms with Crippen molar-refractivity contribution in [2.24, 2.45) is 0 Å². The van der Waals surface area contributed by atoms with Gasteiger partial charge in [0, 0.05) is 6.54 Å². The quantitative estimate of drug-likeness (QED) is 0.484. The highest BCUT2D eigenvalue weighted by atomic mass is 16.5. The molecule has 54 valence electrons. The fraction of sp³-hybridized carbons (Fsp3) is 0.857. The second-order valence-corrected chi connectivity index (χ2v) is 2.79. The average molecular weight is 138 g/mol. The first-order valence-electron chi connectivity index (χ1n) is 3.69. The normalized spacial score (nSPS) is 39.5. The number of rotatable bonds is 0. The van der Waals surface area contributed by atoms with E-state index in [9.17, 15) is 0 Å². The predicted octanol–water partition coefficient (Wildman–Crippen LogP) is 0.331. The predicted molar refractivity (Wildman–Crippen MR) is 35.1 cm³/mol. The fourth-order valence-corrected chi connectivity index (χ4v) is 1.74. The number of nitriles is 1. The zero-order valence-electron chi connectivity index (χ0n) is 5.79. The molecule has 3 heteroatoms. The Bertz CT molecular complexity index is 175. The highest BCUT2D eigenvalue weighted by Gasteiger charge is 2.37. The molecule has 2 aliphatic rings. The molecule has 2 aliphatic heterocycles. The molecule has 2 rings (SSSR count). The van der Waals surface area contributed by atoms with Crippen LogP contribution in [-0.4, -0.2) is 30.3 Å². The lowest BCUT2D eigenvalue weighted by Gasteiger charge is -2.14. The molecule has 10 heavy (non-hydrogen) atoms. The molecular weight excluding hydrogens is 128 g/mol. The highest BCUT2D eigenvalue weighted by Crippen LogP contribution is 2.27. The minimum atomic E-state index is 0.132. The summed E-state index contributed by atoms with van der Waals surface area (Å²) in [5, 5.41) is 8.67. The molecule has 2 saturated heterocycles. The van der Waals surface area contributed by atoms with E-state index in [0.29, 0.717) is 0 Å². The van der Waals surface area contributed by atoms with E-state index in [0.717, 1.165) is 26.0 Å². The van der Waals surface area contributed by atoms with Crippen molar-refractivity contribution in [3.63, 3.8) is 0 Å². The van der Waals surface area contributed by atoms with E-state index in [2.05, 4.69) is 11.0 Å². The lowest BCUT2D eigenvalue weighted by Crippen LogP contribution is -2.30. The Labute approximate surface area is 60.2 Å². The first-order chi connectivity index (χ1) is 4.92. The van der Waals surface area contributed by atoms with Gasteiger partial charge >= 0.3 is 0 Å². The molecule has 0 saturated carbocycles. The first-order valence-corrected chi connectivity index (χ1v) is 3.69. The SMILES string of the molecule is N#C[C@H]1CC[C@@H]2OCCN21. The highest BCUT2D eigenvalue weighted by molar-refractivity contribution is 4.99. The lowest BCUT2D eigenvalue weighted by molar-refractivity contribution is 0.0549. The van der Waals surface area contributed by atoms with Crippen LogP contribution < -0.4 is 0 Å². The molecule has 0 aliphatic carbocycles. The van der Waals surface area contributed by atoms with Gasteiger partial charge in [-0.15, -0.1) is 0 Å². The monoisotopic (exact) mass is 138 g/mol.